The lowest BCUT2D eigenvalue weighted by atomic mass is 10.1. The predicted octanol–water partition coefficient (Wildman–Crippen LogP) is 4.35. The van der Waals surface area contributed by atoms with E-state index >= 15 is 0 Å². The fourth-order valence-corrected chi connectivity index (χ4v) is 2.29. The molecule has 23 heavy (non-hydrogen) atoms. The van der Waals surface area contributed by atoms with Crippen molar-refractivity contribution in [3.05, 3.63) is 53.1 Å². The van der Waals surface area contributed by atoms with Gasteiger partial charge in [-0.05, 0) is 50.1 Å². The molecule has 0 unspecified atom stereocenters. The Bertz CT molecular complexity index is 695. The highest BCUT2D eigenvalue weighted by atomic mass is 16.5. The van der Waals surface area contributed by atoms with Crippen LogP contribution in [0.25, 0.3) is 0 Å². The van der Waals surface area contributed by atoms with Crippen molar-refractivity contribution in [2.45, 2.75) is 27.2 Å². The van der Waals surface area contributed by atoms with Gasteiger partial charge >= 0.3 is 0 Å². The zero-order valence-corrected chi connectivity index (χ0v) is 14.1. The third-order valence-electron chi connectivity index (χ3n) is 3.52. The highest BCUT2D eigenvalue weighted by molar-refractivity contribution is 6.05. The standard InChI is InChI=1S/C19H23NO3/c1-5-10-23-17-9-7-15(12-18(17)22-4)19(21)20-16-8-6-13(2)11-14(16)3/h6-9,11-12H,5,10H2,1-4H3,(H,20,21). The molecule has 0 radical (unpaired) electrons. The van der Waals surface area contributed by atoms with Gasteiger partial charge in [0.1, 0.15) is 0 Å². The van der Waals surface area contributed by atoms with E-state index in [1.165, 1.54) is 5.56 Å². The maximum atomic E-state index is 12.4. The molecule has 0 spiro atoms. The number of anilines is 1. The van der Waals surface area contributed by atoms with Crippen LogP contribution in [-0.2, 0) is 0 Å². The maximum Gasteiger partial charge on any atom is 0.255 e. The molecule has 1 N–H and O–H groups in total. The molecule has 0 atom stereocenters. The number of aryl methyl sites for hydroxylation is 2. The predicted molar refractivity (Wildman–Crippen MR) is 92.6 cm³/mol. The SMILES string of the molecule is CCCOc1ccc(C(=O)Nc2ccc(C)cc2C)cc1OC. The van der Waals surface area contributed by atoms with Gasteiger partial charge in [-0.15, -0.1) is 0 Å². The van der Waals surface area contributed by atoms with E-state index in [2.05, 4.69) is 5.32 Å². The molecule has 0 aliphatic carbocycles. The first-order chi connectivity index (χ1) is 11.0. The number of hydrogen-bond donors (Lipinski definition) is 1. The van der Waals surface area contributed by atoms with Gasteiger partial charge in [0.15, 0.2) is 11.5 Å². The molecule has 2 aromatic carbocycles. The lowest BCUT2D eigenvalue weighted by Crippen LogP contribution is -2.13. The number of amides is 1. The van der Waals surface area contributed by atoms with Gasteiger partial charge in [0, 0.05) is 11.3 Å². The maximum absolute atomic E-state index is 12.4. The van der Waals surface area contributed by atoms with Crippen LogP contribution in [0.3, 0.4) is 0 Å². The molecule has 0 aliphatic rings. The number of ether oxygens (including phenoxy) is 2. The summed E-state index contributed by atoms with van der Waals surface area (Å²) in [6.45, 7) is 6.66. The number of hydrogen-bond acceptors (Lipinski definition) is 3. The van der Waals surface area contributed by atoms with Gasteiger partial charge < -0.3 is 14.8 Å². The molecule has 0 heterocycles. The molecule has 1 amide bonds. The largest absolute Gasteiger partial charge is 0.493 e. The molecule has 0 bridgehead atoms. The smallest absolute Gasteiger partial charge is 0.255 e. The van der Waals surface area contributed by atoms with Crippen molar-refractivity contribution in [1.29, 1.82) is 0 Å². The highest BCUT2D eigenvalue weighted by Gasteiger charge is 2.12. The van der Waals surface area contributed by atoms with Crippen LogP contribution < -0.4 is 14.8 Å². The number of carbonyl (C=O) groups is 1. The molecule has 4 nitrogen and oxygen atoms in total. The number of benzene rings is 2. The summed E-state index contributed by atoms with van der Waals surface area (Å²) in [6, 6.07) is 11.1. The van der Waals surface area contributed by atoms with Crippen LogP contribution in [-0.4, -0.2) is 19.6 Å². The summed E-state index contributed by atoms with van der Waals surface area (Å²) in [6.07, 6.45) is 0.915. The van der Waals surface area contributed by atoms with Gasteiger partial charge in [0.2, 0.25) is 0 Å². The Balaban J connectivity index is 2.18. The fourth-order valence-electron chi connectivity index (χ4n) is 2.29. The van der Waals surface area contributed by atoms with Crippen molar-refractivity contribution in [2.75, 3.05) is 19.0 Å². The van der Waals surface area contributed by atoms with Crippen LogP contribution >= 0.6 is 0 Å². The third kappa shape index (κ3) is 4.25. The van der Waals surface area contributed by atoms with Crippen molar-refractivity contribution in [3.63, 3.8) is 0 Å². The molecule has 2 aromatic rings. The molecule has 0 saturated heterocycles. The molecule has 0 fully saturated rings. The van der Waals surface area contributed by atoms with Crippen LogP contribution in [0.5, 0.6) is 11.5 Å². The van der Waals surface area contributed by atoms with Crippen LogP contribution in [0.2, 0.25) is 0 Å². The number of rotatable bonds is 6. The van der Waals surface area contributed by atoms with E-state index in [1.54, 1.807) is 25.3 Å². The zero-order valence-electron chi connectivity index (χ0n) is 14.1. The number of carbonyl (C=O) groups excluding carboxylic acids is 1. The molecule has 0 aliphatic heterocycles. The molecule has 0 saturated carbocycles. The van der Waals surface area contributed by atoms with Crippen LogP contribution in [0.1, 0.15) is 34.8 Å². The van der Waals surface area contributed by atoms with Gasteiger partial charge in [-0.1, -0.05) is 24.6 Å². The Morgan fingerprint density at radius 1 is 1.09 bits per heavy atom. The summed E-state index contributed by atoms with van der Waals surface area (Å²) in [5.41, 5.74) is 3.55. The van der Waals surface area contributed by atoms with Crippen LogP contribution in [0, 0.1) is 13.8 Å². The Kier molecular flexibility index (Phi) is 5.63. The summed E-state index contributed by atoms with van der Waals surface area (Å²) in [5.74, 6) is 1.04. The van der Waals surface area contributed by atoms with E-state index in [-0.39, 0.29) is 5.91 Å². The summed E-state index contributed by atoms with van der Waals surface area (Å²) >= 11 is 0. The van der Waals surface area contributed by atoms with Crippen LogP contribution in [0.15, 0.2) is 36.4 Å². The minimum absolute atomic E-state index is 0.169. The number of methoxy groups -OCH3 is 1. The average Bonchev–Trinajstić information content (AvgIpc) is 2.55. The van der Waals surface area contributed by atoms with Gasteiger partial charge in [-0.3, -0.25) is 4.79 Å². The normalized spacial score (nSPS) is 10.3. The molecule has 122 valence electrons. The second-order valence-corrected chi connectivity index (χ2v) is 5.49. The first-order valence-electron chi connectivity index (χ1n) is 7.74. The lowest BCUT2D eigenvalue weighted by molar-refractivity contribution is 0.102. The van der Waals surface area contributed by atoms with Gasteiger partial charge in [-0.25, -0.2) is 0 Å². The van der Waals surface area contributed by atoms with Crippen molar-refractivity contribution in [3.8, 4) is 11.5 Å². The van der Waals surface area contributed by atoms with E-state index < -0.39 is 0 Å². The van der Waals surface area contributed by atoms with Gasteiger partial charge in [0.25, 0.3) is 5.91 Å². The van der Waals surface area contributed by atoms with Crippen molar-refractivity contribution in [2.24, 2.45) is 0 Å². The first kappa shape index (κ1) is 16.9. The zero-order chi connectivity index (χ0) is 16.8. The van der Waals surface area contributed by atoms with E-state index in [4.69, 9.17) is 9.47 Å². The Morgan fingerprint density at radius 3 is 2.52 bits per heavy atom. The highest BCUT2D eigenvalue weighted by Crippen LogP contribution is 2.28. The molecule has 4 heteroatoms. The van der Waals surface area contributed by atoms with Gasteiger partial charge in [-0.2, -0.15) is 0 Å². The quantitative estimate of drug-likeness (QED) is 0.862. The topological polar surface area (TPSA) is 47.6 Å². The van der Waals surface area contributed by atoms with Crippen molar-refractivity contribution >= 4 is 11.6 Å². The summed E-state index contributed by atoms with van der Waals surface area (Å²) in [4.78, 5) is 12.4. The molecular formula is C19H23NO3. The van der Waals surface area contributed by atoms with Crippen molar-refractivity contribution in [1.82, 2.24) is 0 Å². The van der Waals surface area contributed by atoms with E-state index in [1.807, 2.05) is 39.0 Å². The fraction of sp³-hybridized carbons (Fsp3) is 0.316. The lowest BCUT2D eigenvalue weighted by Gasteiger charge is -2.13. The Labute approximate surface area is 137 Å². The first-order valence-corrected chi connectivity index (χ1v) is 7.74. The monoisotopic (exact) mass is 313 g/mol. The summed E-state index contributed by atoms with van der Waals surface area (Å²) in [7, 11) is 1.57. The van der Waals surface area contributed by atoms with E-state index in [0.29, 0.717) is 23.7 Å². The van der Waals surface area contributed by atoms with E-state index in [0.717, 1.165) is 17.7 Å². The third-order valence-corrected chi connectivity index (χ3v) is 3.52. The Morgan fingerprint density at radius 2 is 1.87 bits per heavy atom. The second-order valence-electron chi connectivity index (χ2n) is 5.49. The minimum Gasteiger partial charge on any atom is -0.493 e. The summed E-state index contributed by atoms with van der Waals surface area (Å²) in [5, 5.41) is 2.93. The molecule has 2 rings (SSSR count). The molecule has 0 aromatic heterocycles. The Hall–Kier alpha value is -2.49. The summed E-state index contributed by atoms with van der Waals surface area (Å²) < 4.78 is 10.9. The molecular weight excluding hydrogens is 290 g/mol. The van der Waals surface area contributed by atoms with Crippen LogP contribution in [0.4, 0.5) is 5.69 Å². The van der Waals surface area contributed by atoms with Crippen molar-refractivity contribution < 1.29 is 14.3 Å². The second kappa shape index (κ2) is 7.68. The minimum atomic E-state index is -0.169. The average molecular weight is 313 g/mol. The van der Waals surface area contributed by atoms with Gasteiger partial charge in [0.05, 0.1) is 13.7 Å². The number of nitrogens with one attached hydrogen (secondary N) is 1. The van der Waals surface area contributed by atoms with E-state index in [9.17, 15) is 4.79 Å².